The zero-order valence-electron chi connectivity index (χ0n) is 17.2. The number of aromatic nitrogens is 2. The van der Waals surface area contributed by atoms with Crippen LogP contribution in [0.3, 0.4) is 0 Å². The second kappa shape index (κ2) is 8.53. The smallest absolute Gasteiger partial charge is 0.242 e. The maximum absolute atomic E-state index is 12.9. The summed E-state index contributed by atoms with van der Waals surface area (Å²) in [5.41, 5.74) is 8.93. The van der Waals surface area contributed by atoms with Crippen LogP contribution < -0.4 is 11.1 Å². The van der Waals surface area contributed by atoms with Crippen LogP contribution >= 0.6 is 0 Å². The molecule has 0 radical (unpaired) electrons. The van der Waals surface area contributed by atoms with E-state index in [0.29, 0.717) is 13.0 Å². The van der Waals surface area contributed by atoms with Gasteiger partial charge in [0, 0.05) is 37.8 Å². The van der Waals surface area contributed by atoms with Crippen molar-refractivity contribution in [3.8, 4) is 0 Å². The first-order valence-corrected chi connectivity index (χ1v) is 9.75. The molecule has 0 saturated carbocycles. The van der Waals surface area contributed by atoms with E-state index in [1.54, 1.807) is 24.8 Å². The van der Waals surface area contributed by atoms with Crippen LogP contribution in [0.4, 0.5) is 0 Å². The Labute approximate surface area is 172 Å². The van der Waals surface area contributed by atoms with Gasteiger partial charge in [-0.1, -0.05) is 57.2 Å². The third-order valence-corrected chi connectivity index (χ3v) is 5.17. The molecule has 2 heterocycles. The number of carbonyl (C=O) groups is 1. The molecule has 0 aliphatic carbocycles. The Morgan fingerprint density at radius 2 is 1.45 bits per heavy atom. The molecular formula is C24H28N4O. The highest BCUT2D eigenvalue weighted by Crippen LogP contribution is 2.29. The molecule has 0 spiro atoms. The number of nitrogens with two attached hydrogens (primary N) is 1. The zero-order chi connectivity index (χ0) is 20.9. The van der Waals surface area contributed by atoms with Crippen molar-refractivity contribution in [2.45, 2.75) is 44.7 Å². The van der Waals surface area contributed by atoms with Gasteiger partial charge in [0.25, 0.3) is 0 Å². The van der Waals surface area contributed by atoms with Crippen LogP contribution in [0.15, 0.2) is 73.3 Å². The van der Waals surface area contributed by atoms with Crippen molar-refractivity contribution in [1.82, 2.24) is 15.3 Å². The second-order valence-corrected chi connectivity index (χ2v) is 8.35. The lowest BCUT2D eigenvalue weighted by molar-refractivity contribution is -0.125. The van der Waals surface area contributed by atoms with Crippen LogP contribution in [0, 0.1) is 0 Å². The molecule has 0 fully saturated rings. The predicted molar refractivity (Wildman–Crippen MR) is 115 cm³/mol. The highest BCUT2D eigenvalue weighted by molar-refractivity contribution is 5.86. The summed E-state index contributed by atoms with van der Waals surface area (Å²) in [5.74, 6) is -0.422. The fraction of sp³-hybridized carbons (Fsp3) is 0.292. The molecule has 3 N–H and O–H groups in total. The monoisotopic (exact) mass is 388 g/mol. The van der Waals surface area contributed by atoms with E-state index >= 15 is 0 Å². The summed E-state index contributed by atoms with van der Waals surface area (Å²) in [7, 11) is 0. The fourth-order valence-corrected chi connectivity index (χ4v) is 3.40. The standard InChI is InChI=1S/C24H28N4O/c1-23(2,3)20-8-10-21(11-9-20)24(22(25)29,14-18-6-4-12-26-15-18)28-17-19-7-5-13-27-16-19/h4-13,15-16,28H,14,17H2,1-3H3,(H2,25,29). The third-order valence-electron chi connectivity index (χ3n) is 5.17. The predicted octanol–water partition coefficient (Wildman–Crippen LogP) is 3.49. The molecule has 0 aliphatic heterocycles. The van der Waals surface area contributed by atoms with Gasteiger partial charge in [-0.3, -0.25) is 20.1 Å². The van der Waals surface area contributed by atoms with Crippen molar-refractivity contribution in [3.05, 3.63) is 95.6 Å². The van der Waals surface area contributed by atoms with Gasteiger partial charge in [0.2, 0.25) is 5.91 Å². The van der Waals surface area contributed by atoms with Crippen molar-refractivity contribution in [2.75, 3.05) is 0 Å². The molecular weight excluding hydrogens is 360 g/mol. The van der Waals surface area contributed by atoms with Gasteiger partial charge in [-0.2, -0.15) is 0 Å². The average molecular weight is 389 g/mol. The molecule has 0 saturated heterocycles. The molecule has 3 aromatic rings. The minimum Gasteiger partial charge on any atom is -0.368 e. The number of nitrogens with zero attached hydrogens (tertiary/aromatic N) is 2. The Morgan fingerprint density at radius 3 is 1.93 bits per heavy atom. The lowest BCUT2D eigenvalue weighted by atomic mass is 9.80. The normalized spacial score (nSPS) is 13.6. The van der Waals surface area contributed by atoms with E-state index in [4.69, 9.17) is 5.73 Å². The second-order valence-electron chi connectivity index (χ2n) is 8.35. The Kier molecular flexibility index (Phi) is 6.09. The lowest BCUT2D eigenvalue weighted by Gasteiger charge is -2.33. The summed E-state index contributed by atoms with van der Waals surface area (Å²) < 4.78 is 0. The molecule has 1 aromatic carbocycles. The first kappa shape index (κ1) is 20.7. The summed E-state index contributed by atoms with van der Waals surface area (Å²) in [6, 6.07) is 15.8. The number of pyridine rings is 2. The molecule has 5 heteroatoms. The Bertz CT molecular complexity index is 934. The van der Waals surface area contributed by atoms with Gasteiger partial charge < -0.3 is 5.73 Å². The quantitative estimate of drug-likeness (QED) is 0.649. The van der Waals surface area contributed by atoms with Crippen LogP contribution in [-0.2, 0) is 28.7 Å². The third kappa shape index (κ3) is 4.87. The number of amides is 1. The van der Waals surface area contributed by atoms with Crippen LogP contribution in [0.25, 0.3) is 0 Å². The first-order valence-electron chi connectivity index (χ1n) is 9.75. The number of hydrogen-bond acceptors (Lipinski definition) is 4. The Hall–Kier alpha value is -3.05. The maximum Gasteiger partial charge on any atom is 0.242 e. The molecule has 5 nitrogen and oxygen atoms in total. The van der Waals surface area contributed by atoms with Gasteiger partial charge in [0.05, 0.1) is 0 Å². The highest BCUT2D eigenvalue weighted by Gasteiger charge is 2.38. The lowest BCUT2D eigenvalue weighted by Crippen LogP contribution is -2.54. The largest absolute Gasteiger partial charge is 0.368 e. The zero-order valence-corrected chi connectivity index (χ0v) is 17.2. The number of benzene rings is 1. The van der Waals surface area contributed by atoms with Gasteiger partial charge in [-0.05, 0) is 39.8 Å². The van der Waals surface area contributed by atoms with Gasteiger partial charge in [0.15, 0.2) is 0 Å². The number of primary amides is 1. The molecule has 0 bridgehead atoms. The molecule has 0 aliphatic rings. The number of hydrogen-bond donors (Lipinski definition) is 2. The Morgan fingerprint density at radius 1 is 0.897 bits per heavy atom. The van der Waals surface area contributed by atoms with Gasteiger partial charge in [-0.15, -0.1) is 0 Å². The van der Waals surface area contributed by atoms with Gasteiger partial charge >= 0.3 is 0 Å². The SMILES string of the molecule is CC(C)(C)c1ccc(C(Cc2cccnc2)(NCc2cccnc2)C(N)=O)cc1. The number of rotatable bonds is 7. The maximum atomic E-state index is 12.9. The summed E-state index contributed by atoms with van der Waals surface area (Å²) in [5, 5.41) is 3.43. The summed E-state index contributed by atoms with van der Waals surface area (Å²) in [6.07, 6.45) is 7.41. The topological polar surface area (TPSA) is 80.9 Å². The summed E-state index contributed by atoms with van der Waals surface area (Å²) in [4.78, 5) is 21.2. The molecule has 1 amide bonds. The molecule has 150 valence electrons. The van der Waals surface area contributed by atoms with Crippen molar-refractivity contribution in [1.29, 1.82) is 0 Å². The number of carbonyl (C=O) groups excluding carboxylic acids is 1. The van der Waals surface area contributed by atoms with Crippen molar-refractivity contribution < 1.29 is 4.79 Å². The van der Waals surface area contributed by atoms with E-state index in [-0.39, 0.29) is 5.41 Å². The molecule has 3 rings (SSSR count). The van der Waals surface area contributed by atoms with Crippen LogP contribution in [0.1, 0.15) is 43.0 Å². The van der Waals surface area contributed by atoms with Crippen molar-refractivity contribution >= 4 is 5.91 Å². The van der Waals surface area contributed by atoms with E-state index in [1.807, 2.05) is 36.4 Å². The molecule has 29 heavy (non-hydrogen) atoms. The van der Waals surface area contributed by atoms with Crippen LogP contribution in [0.5, 0.6) is 0 Å². The molecule has 1 unspecified atom stereocenters. The van der Waals surface area contributed by atoms with E-state index in [2.05, 4.69) is 48.2 Å². The van der Waals surface area contributed by atoms with E-state index < -0.39 is 11.4 Å². The van der Waals surface area contributed by atoms with Crippen LogP contribution in [-0.4, -0.2) is 15.9 Å². The molecule has 2 aromatic heterocycles. The minimum atomic E-state index is -1.06. The first-order chi connectivity index (χ1) is 13.8. The van der Waals surface area contributed by atoms with Crippen molar-refractivity contribution in [2.24, 2.45) is 5.73 Å². The fourth-order valence-electron chi connectivity index (χ4n) is 3.40. The van der Waals surface area contributed by atoms with Gasteiger partial charge in [0.1, 0.15) is 5.54 Å². The summed E-state index contributed by atoms with van der Waals surface area (Å²) in [6.45, 7) is 6.97. The highest BCUT2D eigenvalue weighted by atomic mass is 16.1. The van der Waals surface area contributed by atoms with E-state index in [9.17, 15) is 4.79 Å². The summed E-state index contributed by atoms with van der Waals surface area (Å²) >= 11 is 0. The minimum absolute atomic E-state index is 0.0282. The van der Waals surface area contributed by atoms with Crippen LogP contribution in [0.2, 0.25) is 0 Å². The van der Waals surface area contributed by atoms with Gasteiger partial charge in [-0.25, -0.2) is 0 Å². The average Bonchev–Trinajstić information content (AvgIpc) is 2.72. The number of nitrogens with one attached hydrogen (secondary N) is 1. The van der Waals surface area contributed by atoms with E-state index in [0.717, 1.165) is 16.7 Å². The van der Waals surface area contributed by atoms with E-state index in [1.165, 1.54) is 5.56 Å². The molecule has 1 atom stereocenters. The Balaban J connectivity index is 2.01. The van der Waals surface area contributed by atoms with Crippen molar-refractivity contribution in [3.63, 3.8) is 0 Å².